The molecule has 0 atom stereocenters. The molecule has 21 heavy (non-hydrogen) atoms. The number of allylic oxidation sites excluding steroid dienone is 1. The van der Waals surface area contributed by atoms with E-state index >= 15 is 0 Å². The number of fused-ring (bicyclic) bond motifs is 1. The lowest BCUT2D eigenvalue weighted by molar-refractivity contribution is -0.117. The van der Waals surface area contributed by atoms with Gasteiger partial charge in [0.1, 0.15) is 17.8 Å². The first-order chi connectivity index (χ1) is 9.97. The normalized spacial score (nSPS) is 19.0. The number of carbonyl (C=O) groups excluding carboxylic acids is 1. The minimum Gasteiger partial charge on any atom is -0.496 e. The lowest BCUT2D eigenvalue weighted by Crippen LogP contribution is -2.21. The Balaban J connectivity index is 1.87. The fourth-order valence-electron chi connectivity index (χ4n) is 2.62. The molecule has 1 amide bonds. The third-order valence-electron chi connectivity index (χ3n) is 3.62. The van der Waals surface area contributed by atoms with Crippen LogP contribution in [0.1, 0.15) is 31.4 Å². The molecule has 112 valence electrons. The number of ether oxygens (including phenoxy) is 3. The van der Waals surface area contributed by atoms with Crippen molar-refractivity contribution in [3.63, 3.8) is 0 Å². The molecule has 0 aliphatic carbocycles. The van der Waals surface area contributed by atoms with E-state index in [9.17, 15) is 4.79 Å². The number of aryl methyl sites for hydroxylation is 1. The van der Waals surface area contributed by atoms with Crippen molar-refractivity contribution in [3.8, 4) is 5.75 Å². The summed E-state index contributed by atoms with van der Waals surface area (Å²) < 4.78 is 16.6. The molecule has 2 aliphatic rings. The van der Waals surface area contributed by atoms with Crippen LogP contribution in [0.25, 0.3) is 0 Å². The summed E-state index contributed by atoms with van der Waals surface area (Å²) in [6.45, 7) is 3.72. The van der Waals surface area contributed by atoms with Gasteiger partial charge in [-0.2, -0.15) is 0 Å². The van der Waals surface area contributed by atoms with E-state index in [4.69, 9.17) is 14.2 Å². The SMILES string of the molecule is COc1cc2c(cc1CC1=COC(C)(C)O1)NC(=O)CC2. The summed E-state index contributed by atoms with van der Waals surface area (Å²) in [5.74, 6) is 0.990. The van der Waals surface area contributed by atoms with E-state index in [1.165, 1.54) is 0 Å². The van der Waals surface area contributed by atoms with Crippen LogP contribution in [0.3, 0.4) is 0 Å². The fourth-order valence-corrected chi connectivity index (χ4v) is 2.62. The molecule has 2 heterocycles. The van der Waals surface area contributed by atoms with E-state index in [2.05, 4.69) is 5.32 Å². The van der Waals surface area contributed by atoms with Gasteiger partial charge in [0.2, 0.25) is 11.7 Å². The van der Waals surface area contributed by atoms with Gasteiger partial charge < -0.3 is 19.5 Å². The van der Waals surface area contributed by atoms with Crippen molar-refractivity contribution in [2.75, 3.05) is 12.4 Å². The van der Waals surface area contributed by atoms with Crippen LogP contribution in [0.4, 0.5) is 5.69 Å². The average molecular weight is 289 g/mol. The summed E-state index contributed by atoms with van der Waals surface area (Å²) >= 11 is 0. The molecule has 0 spiro atoms. The largest absolute Gasteiger partial charge is 0.496 e. The van der Waals surface area contributed by atoms with Crippen LogP contribution in [0.15, 0.2) is 24.2 Å². The zero-order valence-electron chi connectivity index (χ0n) is 12.5. The van der Waals surface area contributed by atoms with Gasteiger partial charge in [0, 0.05) is 37.9 Å². The molecular formula is C16H19NO4. The monoisotopic (exact) mass is 289 g/mol. The standard InChI is InChI=1S/C16H19NO4/c1-16(2)20-9-12(21-16)6-11-7-13-10(8-14(11)19-3)4-5-15(18)17-13/h7-9H,4-6H2,1-3H3,(H,17,18). The van der Waals surface area contributed by atoms with Crippen molar-refractivity contribution < 1.29 is 19.0 Å². The number of methoxy groups -OCH3 is 1. The maximum Gasteiger partial charge on any atom is 0.244 e. The molecule has 0 saturated heterocycles. The Morgan fingerprint density at radius 1 is 1.33 bits per heavy atom. The van der Waals surface area contributed by atoms with E-state index in [0.29, 0.717) is 12.8 Å². The number of amides is 1. The van der Waals surface area contributed by atoms with Gasteiger partial charge in [-0.05, 0) is 24.1 Å². The van der Waals surface area contributed by atoms with Gasteiger partial charge in [0.25, 0.3) is 0 Å². The minimum atomic E-state index is -0.620. The maximum atomic E-state index is 11.5. The van der Waals surface area contributed by atoms with Crippen molar-refractivity contribution in [1.82, 2.24) is 0 Å². The van der Waals surface area contributed by atoms with Crippen molar-refractivity contribution in [1.29, 1.82) is 0 Å². The van der Waals surface area contributed by atoms with Crippen molar-refractivity contribution in [2.24, 2.45) is 0 Å². The summed E-state index contributed by atoms with van der Waals surface area (Å²) in [6, 6.07) is 3.95. The van der Waals surface area contributed by atoms with E-state index in [1.54, 1.807) is 13.4 Å². The first kappa shape index (κ1) is 13.8. The summed E-state index contributed by atoms with van der Waals surface area (Å²) in [5, 5.41) is 2.91. The van der Waals surface area contributed by atoms with Crippen molar-refractivity contribution in [3.05, 3.63) is 35.3 Å². The van der Waals surface area contributed by atoms with Crippen molar-refractivity contribution >= 4 is 11.6 Å². The van der Waals surface area contributed by atoms with Crippen LogP contribution in [-0.4, -0.2) is 18.8 Å². The lowest BCUT2D eigenvalue weighted by atomic mass is 9.98. The van der Waals surface area contributed by atoms with E-state index < -0.39 is 5.79 Å². The second-order valence-electron chi connectivity index (χ2n) is 5.75. The van der Waals surface area contributed by atoms with Crippen LogP contribution in [-0.2, 0) is 27.1 Å². The van der Waals surface area contributed by atoms with Gasteiger partial charge in [-0.15, -0.1) is 0 Å². The summed E-state index contributed by atoms with van der Waals surface area (Å²) in [5.41, 5.74) is 2.93. The molecule has 5 nitrogen and oxygen atoms in total. The first-order valence-electron chi connectivity index (χ1n) is 7.02. The van der Waals surface area contributed by atoms with Crippen LogP contribution in [0, 0.1) is 0 Å². The zero-order chi connectivity index (χ0) is 15.0. The Hall–Kier alpha value is -2.17. The molecule has 0 bridgehead atoms. The molecule has 1 aromatic carbocycles. The van der Waals surface area contributed by atoms with Gasteiger partial charge >= 0.3 is 0 Å². The Morgan fingerprint density at radius 3 is 2.81 bits per heavy atom. The molecule has 3 rings (SSSR count). The topological polar surface area (TPSA) is 56.8 Å². The first-order valence-corrected chi connectivity index (χ1v) is 7.02. The molecule has 0 unspecified atom stereocenters. The molecule has 0 fully saturated rings. The van der Waals surface area contributed by atoms with Crippen LogP contribution < -0.4 is 10.1 Å². The summed E-state index contributed by atoms with van der Waals surface area (Å²) in [4.78, 5) is 11.5. The smallest absolute Gasteiger partial charge is 0.244 e. The van der Waals surface area contributed by atoms with Gasteiger partial charge in [0.05, 0.1) is 7.11 Å². The van der Waals surface area contributed by atoms with Gasteiger partial charge in [-0.3, -0.25) is 4.79 Å². The second kappa shape index (κ2) is 4.98. The van der Waals surface area contributed by atoms with Gasteiger partial charge in [0.15, 0.2) is 0 Å². The molecule has 0 saturated carbocycles. The zero-order valence-corrected chi connectivity index (χ0v) is 12.5. The van der Waals surface area contributed by atoms with Crippen LogP contribution in [0.5, 0.6) is 5.75 Å². The predicted octanol–water partition coefficient (Wildman–Crippen LogP) is 2.75. The highest BCUT2D eigenvalue weighted by Crippen LogP contribution is 2.34. The van der Waals surface area contributed by atoms with E-state index in [1.807, 2.05) is 26.0 Å². The number of hydrogen-bond acceptors (Lipinski definition) is 4. The summed E-state index contributed by atoms with van der Waals surface area (Å²) in [7, 11) is 1.65. The maximum absolute atomic E-state index is 11.5. The molecule has 2 aliphatic heterocycles. The molecular weight excluding hydrogens is 270 g/mol. The minimum absolute atomic E-state index is 0.0550. The predicted molar refractivity (Wildman–Crippen MR) is 78.0 cm³/mol. The Bertz CT molecular complexity index is 619. The van der Waals surface area contributed by atoms with Crippen LogP contribution >= 0.6 is 0 Å². The Labute approximate surface area is 123 Å². The number of nitrogens with one attached hydrogen (secondary N) is 1. The molecule has 1 N–H and O–H groups in total. The number of benzene rings is 1. The van der Waals surface area contributed by atoms with Gasteiger partial charge in [-0.1, -0.05) is 0 Å². The quantitative estimate of drug-likeness (QED) is 0.929. The van der Waals surface area contributed by atoms with E-state index in [0.717, 1.165) is 34.7 Å². The molecule has 1 aromatic rings. The fraction of sp³-hybridized carbons (Fsp3) is 0.438. The number of rotatable bonds is 3. The summed E-state index contributed by atoms with van der Waals surface area (Å²) in [6.07, 6.45) is 3.46. The van der Waals surface area contributed by atoms with E-state index in [-0.39, 0.29) is 5.91 Å². The van der Waals surface area contributed by atoms with Gasteiger partial charge in [-0.25, -0.2) is 0 Å². The van der Waals surface area contributed by atoms with Crippen LogP contribution in [0.2, 0.25) is 0 Å². The highest BCUT2D eigenvalue weighted by molar-refractivity contribution is 5.94. The third kappa shape index (κ3) is 2.82. The molecule has 5 heteroatoms. The molecule has 0 radical (unpaired) electrons. The average Bonchev–Trinajstić information content (AvgIpc) is 2.77. The molecule has 0 aromatic heterocycles. The lowest BCUT2D eigenvalue weighted by Gasteiger charge is -2.21. The number of hydrogen-bond donors (Lipinski definition) is 1. The Morgan fingerprint density at radius 2 is 2.14 bits per heavy atom. The third-order valence-corrected chi connectivity index (χ3v) is 3.62. The Kier molecular flexibility index (Phi) is 3.27. The highest BCUT2D eigenvalue weighted by atomic mass is 16.7. The second-order valence-corrected chi connectivity index (χ2v) is 5.75. The number of carbonyl (C=O) groups is 1. The highest BCUT2D eigenvalue weighted by Gasteiger charge is 2.28. The number of anilines is 1. The van der Waals surface area contributed by atoms with Crippen molar-refractivity contribution in [2.45, 2.75) is 38.9 Å².